The fraction of sp³-hybridized carbons (Fsp3) is 0.683. The number of ether oxygens (including phenoxy) is 4. The van der Waals surface area contributed by atoms with E-state index in [1.807, 2.05) is 12.1 Å². The number of ketones is 1. The third-order valence-corrected chi connectivity index (χ3v) is 8.51. The van der Waals surface area contributed by atoms with Crippen LogP contribution in [0.2, 0.25) is 0 Å². The lowest BCUT2D eigenvalue weighted by atomic mass is 9.99. The van der Waals surface area contributed by atoms with E-state index in [0.29, 0.717) is 62.1 Å². The van der Waals surface area contributed by atoms with Crippen LogP contribution in [-0.2, 0) is 12.8 Å². The molecule has 0 spiro atoms. The Bertz CT molecular complexity index is 1080. The minimum absolute atomic E-state index is 0.0478. The van der Waals surface area contributed by atoms with Gasteiger partial charge in [0, 0.05) is 12.5 Å². The zero-order chi connectivity index (χ0) is 33.2. The van der Waals surface area contributed by atoms with Crippen LogP contribution in [0.1, 0.15) is 165 Å². The van der Waals surface area contributed by atoms with Crippen LogP contribution >= 0.6 is 0 Å². The van der Waals surface area contributed by atoms with E-state index in [0.717, 1.165) is 62.7 Å². The molecule has 5 nitrogen and oxygen atoms in total. The van der Waals surface area contributed by atoms with Crippen molar-refractivity contribution in [2.24, 2.45) is 0 Å². The minimum atomic E-state index is 0.0478. The Balaban J connectivity index is 2.31. The molecule has 2 aromatic rings. The van der Waals surface area contributed by atoms with Gasteiger partial charge in [0.2, 0.25) is 0 Å². The number of rotatable bonds is 29. The zero-order valence-electron chi connectivity index (χ0n) is 30.2. The maximum absolute atomic E-state index is 14.1. The summed E-state index contributed by atoms with van der Waals surface area (Å²) < 4.78 is 25.2. The summed E-state index contributed by atoms with van der Waals surface area (Å²) in [5.74, 6) is 2.84. The number of carbonyl (C=O) groups excluding carboxylic acids is 1. The molecule has 0 N–H and O–H groups in total. The van der Waals surface area contributed by atoms with Gasteiger partial charge >= 0.3 is 0 Å². The maximum Gasteiger partial charge on any atom is 0.172 e. The largest absolute Gasteiger partial charge is 0.493 e. The van der Waals surface area contributed by atoms with Crippen LogP contribution < -0.4 is 18.9 Å². The molecule has 0 radical (unpaired) electrons. The SMILES string of the molecule is CCCCCCOc1cc(OCCCCCC)c(OCCCCCC)c(C(=O)CCc2cc(CC)ccc2OCCCCCC)c1. The van der Waals surface area contributed by atoms with Gasteiger partial charge in [0.25, 0.3) is 0 Å². The average molecular weight is 639 g/mol. The lowest BCUT2D eigenvalue weighted by Gasteiger charge is -2.19. The van der Waals surface area contributed by atoms with E-state index in [2.05, 4.69) is 52.8 Å². The molecule has 2 aromatic carbocycles. The molecule has 5 heteroatoms. The van der Waals surface area contributed by atoms with E-state index < -0.39 is 0 Å². The quantitative estimate of drug-likeness (QED) is 0.0655. The topological polar surface area (TPSA) is 54.0 Å². The van der Waals surface area contributed by atoms with Crippen molar-refractivity contribution in [2.75, 3.05) is 26.4 Å². The van der Waals surface area contributed by atoms with Crippen molar-refractivity contribution < 1.29 is 23.7 Å². The molecule has 0 aliphatic heterocycles. The van der Waals surface area contributed by atoms with Gasteiger partial charge in [-0.15, -0.1) is 0 Å². The highest BCUT2D eigenvalue weighted by molar-refractivity contribution is 6.00. The van der Waals surface area contributed by atoms with Gasteiger partial charge in [-0.3, -0.25) is 4.79 Å². The molecule has 0 unspecified atom stereocenters. The summed E-state index contributed by atoms with van der Waals surface area (Å²) in [4.78, 5) is 14.1. The number of unbranched alkanes of at least 4 members (excludes halogenated alkanes) is 12. The van der Waals surface area contributed by atoms with Crippen LogP contribution in [0.25, 0.3) is 0 Å². The van der Waals surface area contributed by atoms with Crippen molar-refractivity contribution >= 4 is 5.78 Å². The fourth-order valence-corrected chi connectivity index (χ4v) is 5.54. The van der Waals surface area contributed by atoms with E-state index in [4.69, 9.17) is 18.9 Å². The zero-order valence-corrected chi connectivity index (χ0v) is 30.2. The molecule has 0 atom stereocenters. The van der Waals surface area contributed by atoms with Gasteiger partial charge in [-0.1, -0.05) is 124 Å². The van der Waals surface area contributed by atoms with Gasteiger partial charge in [-0.2, -0.15) is 0 Å². The second kappa shape index (κ2) is 25.4. The van der Waals surface area contributed by atoms with Crippen molar-refractivity contribution in [3.05, 3.63) is 47.0 Å². The lowest BCUT2D eigenvalue weighted by molar-refractivity contribution is 0.0976. The van der Waals surface area contributed by atoms with Crippen molar-refractivity contribution in [3.63, 3.8) is 0 Å². The summed E-state index contributed by atoms with van der Waals surface area (Å²) in [6, 6.07) is 10.3. The third-order valence-electron chi connectivity index (χ3n) is 8.51. The summed E-state index contributed by atoms with van der Waals surface area (Å²) in [5, 5.41) is 0. The molecule has 0 saturated carbocycles. The molecule has 260 valence electrons. The first-order valence-electron chi connectivity index (χ1n) is 18.9. The Morgan fingerprint density at radius 2 is 1.07 bits per heavy atom. The van der Waals surface area contributed by atoms with Gasteiger partial charge in [0.1, 0.15) is 11.5 Å². The maximum atomic E-state index is 14.1. The van der Waals surface area contributed by atoms with Crippen LogP contribution in [0.5, 0.6) is 23.0 Å². The second-order valence-electron chi connectivity index (χ2n) is 12.7. The Morgan fingerprint density at radius 1 is 0.543 bits per heavy atom. The molecular formula is C41H66O5. The molecule has 0 bridgehead atoms. The summed E-state index contributed by atoms with van der Waals surface area (Å²) in [5.41, 5.74) is 2.92. The number of aryl methyl sites for hydroxylation is 2. The number of hydrogen-bond donors (Lipinski definition) is 0. The van der Waals surface area contributed by atoms with Gasteiger partial charge in [-0.05, 0) is 61.8 Å². The van der Waals surface area contributed by atoms with Crippen LogP contribution in [-0.4, -0.2) is 32.2 Å². The van der Waals surface area contributed by atoms with Crippen LogP contribution in [0, 0.1) is 0 Å². The van der Waals surface area contributed by atoms with Crippen LogP contribution in [0.3, 0.4) is 0 Å². The molecule has 0 saturated heterocycles. The van der Waals surface area contributed by atoms with Crippen LogP contribution in [0.4, 0.5) is 0 Å². The van der Waals surface area contributed by atoms with Crippen LogP contribution in [0.15, 0.2) is 30.3 Å². The summed E-state index contributed by atoms with van der Waals surface area (Å²) in [6.45, 7) is 13.5. The number of hydrogen-bond acceptors (Lipinski definition) is 5. The molecule has 2 rings (SSSR count). The van der Waals surface area contributed by atoms with E-state index in [9.17, 15) is 4.79 Å². The Hall–Kier alpha value is -2.69. The number of Topliss-reactive ketones (excluding diaryl/α,β-unsaturated/α-hetero) is 1. The molecule has 0 heterocycles. The van der Waals surface area contributed by atoms with Gasteiger partial charge in [0.05, 0.1) is 32.0 Å². The molecule has 46 heavy (non-hydrogen) atoms. The normalized spacial score (nSPS) is 11.1. The first-order valence-corrected chi connectivity index (χ1v) is 18.9. The predicted octanol–water partition coefficient (Wildman–Crippen LogP) is 11.9. The van der Waals surface area contributed by atoms with Gasteiger partial charge in [0.15, 0.2) is 17.3 Å². The van der Waals surface area contributed by atoms with E-state index >= 15 is 0 Å². The van der Waals surface area contributed by atoms with Crippen molar-refractivity contribution in [1.82, 2.24) is 0 Å². The Labute approximate surface area is 282 Å². The minimum Gasteiger partial charge on any atom is -0.493 e. The Morgan fingerprint density at radius 3 is 1.61 bits per heavy atom. The molecular weight excluding hydrogens is 572 g/mol. The average Bonchev–Trinajstić information content (AvgIpc) is 3.07. The molecule has 0 aromatic heterocycles. The van der Waals surface area contributed by atoms with Gasteiger partial charge in [-0.25, -0.2) is 0 Å². The first-order chi connectivity index (χ1) is 22.6. The van der Waals surface area contributed by atoms with Gasteiger partial charge < -0.3 is 18.9 Å². The second-order valence-corrected chi connectivity index (χ2v) is 12.7. The molecule has 0 aliphatic carbocycles. The van der Waals surface area contributed by atoms with Crippen molar-refractivity contribution in [2.45, 2.75) is 157 Å². The summed E-state index contributed by atoms with van der Waals surface area (Å²) >= 11 is 0. The van der Waals surface area contributed by atoms with E-state index in [1.54, 1.807) is 0 Å². The fourth-order valence-electron chi connectivity index (χ4n) is 5.54. The van der Waals surface area contributed by atoms with E-state index in [1.165, 1.54) is 63.4 Å². The molecule has 0 fully saturated rings. The number of benzene rings is 2. The standard InChI is InChI=1S/C41H66O5/c1-6-11-15-19-27-43-36-32-37(41(46-30-22-18-14-9-4)40(33-36)45-29-21-17-13-8-3)38(42)25-24-35-31-34(10-5)23-26-39(35)44-28-20-16-12-7-2/h23,26,31-33H,6-22,24-25,27-30H2,1-5H3. The lowest BCUT2D eigenvalue weighted by Crippen LogP contribution is -2.11. The Kier molecular flexibility index (Phi) is 21.8. The summed E-state index contributed by atoms with van der Waals surface area (Å²) in [6.07, 6.45) is 20.0. The summed E-state index contributed by atoms with van der Waals surface area (Å²) in [7, 11) is 0. The molecule has 0 aliphatic rings. The van der Waals surface area contributed by atoms with Crippen molar-refractivity contribution in [3.8, 4) is 23.0 Å². The highest BCUT2D eigenvalue weighted by atomic mass is 16.5. The molecule has 0 amide bonds. The van der Waals surface area contributed by atoms with E-state index in [-0.39, 0.29) is 5.78 Å². The monoisotopic (exact) mass is 638 g/mol. The predicted molar refractivity (Wildman–Crippen MR) is 193 cm³/mol. The highest BCUT2D eigenvalue weighted by Crippen LogP contribution is 2.38. The third kappa shape index (κ3) is 15.7. The smallest absolute Gasteiger partial charge is 0.172 e. The number of carbonyl (C=O) groups is 1. The highest BCUT2D eigenvalue weighted by Gasteiger charge is 2.21. The first kappa shape index (κ1) is 39.5. The van der Waals surface area contributed by atoms with Crippen molar-refractivity contribution in [1.29, 1.82) is 0 Å².